The zero-order chi connectivity index (χ0) is 17.5. The van der Waals surface area contributed by atoms with Crippen molar-refractivity contribution in [2.24, 2.45) is 4.99 Å². The summed E-state index contributed by atoms with van der Waals surface area (Å²) in [6, 6.07) is 0.618. The lowest BCUT2D eigenvalue weighted by Gasteiger charge is -2.35. The van der Waals surface area contributed by atoms with Gasteiger partial charge in [-0.3, -0.25) is 9.89 Å². The van der Waals surface area contributed by atoms with Crippen LogP contribution >= 0.6 is 0 Å². The molecular formula is C18H34N4O3. The lowest BCUT2D eigenvalue weighted by molar-refractivity contribution is -0.0829. The highest BCUT2D eigenvalue weighted by molar-refractivity contribution is 5.80. The van der Waals surface area contributed by atoms with Gasteiger partial charge in [-0.1, -0.05) is 0 Å². The van der Waals surface area contributed by atoms with Crippen LogP contribution < -0.4 is 5.32 Å². The average molecular weight is 354 g/mol. The van der Waals surface area contributed by atoms with Gasteiger partial charge in [0, 0.05) is 71.9 Å². The van der Waals surface area contributed by atoms with E-state index in [0.29, 0.717) is 12.6 Å². The molecule has 3 saturated heterocycles. The largest absolute Gasteiger partial charge is 0.381 e. The molecule has 3 heterocycles. The van der Waals surface area contributed by atoms with E-state index < -0.39 is 0 Å². The molecule has 3 aliphatic rings. The van der Waals surface area contributed by atoms with Crippen LogP contribution in [0.4, 0.5) is 0 Å². The molecule has 0 saturated carbocycles. The van der Waals surface area contributed by atoms with Gasteiger partial charge in [-0.2, -0.15) is 0 Å². The summed E-state index contributed by atoms with van der Waals surface area (Å²) < 4.78 is 16.8. The molecule has 0 bridgehead atoms. The van der Waals surface area contributed by atoms with Crippen molar-refractivity contribution >= 4 is 5.96 Å². The van der Waals surface area contributed by atoms with E-state index in [-0.39, 0.29) is 5.60 Å². The zero-order valence-electron chi connectivity index (χ0n) is 15.8. The summed E-state index contributed by atoms with van der Waals surface area (Å²) in [4.78, 5) is 9.93. The number of rotatable bonds is 5. The molecule has 25 heavy (non-hydrogen) atoms. The number of nitrogens with zero attached hydrogens (tertiary/aromatic N) is 3. The van der Waals surface area contributed by atoms with Crippen LogP contribution in [0.1, 0.15) is 26.2 Å². The van der Waals surface area contributed by atoms with Crippen LogP contribution in [0.2, 0.25) is 0 Å². The summed E-state index contributed by atoms with van der Waals surface area (Å²) in [6.45, 7) is 11.2. The standard InChI is InChI=1S/C18H34N4O3/c1-3-19-17(20-15-18(23-2)5-10-24-11-6-18)22-7-4-16(14-22)21-8-12-25-13-9-21/h16H,3-15H2,1-2H3,(H,19,20). The molecule has 0 aromatic rings. The Kier molecular flexibility index (Phi) is 6.92. The quantitative estimate of drug-likeness (QED) is 0.575. The van der Waals surface area contributed by atoms with E-state index in [1.165, 1.54) is 6.42 Å². The van der Waals surface area contributed by atoms with Crippen LogP contribution in [0.5, 0.6) is 0 Å². The minimum absolute atomic E-state index is 0.164. The van der Waals surface area contributed by atoms with Crippen LogP contribution in [0.3, 0.4) is 0 Å². The van der Waals surface area contributed by atoms with Crippen molar-refractivity contribution in [3.63, 3.8) is 0 Å². The molecule has 3 aliphatic heterocycles. The predicted molar refractivity (Wildman–Crippen MR) is 98.1 cm³/mol. The summed E-state index contributed by atoms with van der Waals surface area (Å²) in [5.41, 5.74) is -0.164. The Balaban J connectivity index is 1.60. The monoisotopic (exact) mass is 354 g/mol. The van der Waals surface area contributed by atoms with Crippen LogP contribution in [0.15, 0.2) is 4.99 Å². The molecule has 0 aromatic carbocycles. The molecule has 1 N–H and O–H groups in total. The third-order valence-electron chi connectivity index (χ3n) is 5.71. The third kappa shape index (κ3) is 4.84. The predicted octanol–water partition coefficient (Wildman–Crippen LogP) is 0.554. The molecule has 0 aromatic heterocycles. The Hall–Kier alpha value is -0.890. The molecule has 144 valence electrons. The first-order chi connectivity index (χ1) is 12.3. The molecule has 0 spiro atoms. The summed E-state index contributed by atoms with van der Waals surface area (Å²) >= 11 is 0. The van der Waals surface area contributed by atoms with Crippen molar-refractivity contribution in [2.75, 3.05) is 72.8 Å². The van der Waals surface area contributed by atoms with Crippen molar-refractivity contribution in [1.82, 2.24) is 15.1 Å². The second-order valence-electron chi connectivity index (χ2n) is 7.21. The maximum atomic E-state index is 5.83. The number of aliphatic imine (C=N–C) groups is 1. The number of methoxy groups -OCH3 is 1. The van der Waals surface area contributed by atoms with E-state index in [1.54, 1.807) is 7.11 Å². The van der Waals surface area contributed by atoms with Gasteiger partial charge in [0.1, 0.15) is 0 Å². The lowest BCUT2D eigenvalue weighted by atomic mass is 9.94. The molecule has 1 unspecified atom stereocenters. The van der Waals surface area contributed by atoms with Gasteiger partial charge in [0.2, 0.25) is 0 Å². The number of ether oxygens (including phenoxy) is 3. The second kappa shape index (κ2) is 9.16. The Morgan fingerprint density at radius 3 is 2.56 bits per heavy atom. The highest BCUT2D eigenvalue weighted by Gasteiger charge is 2.34. The van der Waals surface area contributed by atoms with E-state index in [1.807, 2.05) is 0 Å². The Bertz CT molecular complexity index is 434. The van der Waals surface area contributed by atoms with Crippen LogP contribution in [-0.4, -0.2) is 100 Å². The maximum Gasteiger partial charge on any atom is 0.194 e. The van der Waals surface area contributed by atoms with E-state index in [2.05, 4.69) is 22.0 Å². The number of hydrogen-bond donors (Lipinski definition) is 1. The first-order valence-electron chi connectivity index (χ1n) is 9.74. The summed E-state index contributed by atoms with van der Waals surface area (Å²) in [5.74, 6) is 1.03. The molecular weight excluding hydrogens is 320 g/mol. The third-order valence-corrected chi connectivity index (χ3v) is 5.71. The number of likely N-dealkylation sites (tertiary alicyclic amines) is 1. The normalized spacial score (nSPS) is 28.3. The zero-order valence-corrected chi connectivity index (χ0v) is 15.8. The van der Waals surface area contributed by atoms with E-state index in [0.717, 1.165) is 78.0 Å². The fourth-order valence-corrected chi connectivity index (χ4v) is 3.99. The van der Waals surface area contributed by atoms with Crippen LogP contribution in [-0.2, 0) is 14.2 Å². The Morgan fingerprint density at radius 2 is 1.88 bits per heavy atom. The smallest absolute Gasteiger partial charge is 0.194 e. The van der Waals surface area contributed by atoms with Gasteiger partial charge < -0.3 is 24.4 Å². The summed E-state index contributed by atoms with van der Waals surface area (Å²) in [6.07, 6.45) is 3.04. The SMILES string of the molecule is CCNC(=NCC1(OC)CCOCC1)N1CCC(N2CCOCC2)C1. The highest BCUT2D eigenvalue weighted by Crippen LogP contribution is 2.25. The molecule has 1 atom stereocenters. The minimum Gasteiger partial charge on any atom is -0.381 e. The fourth-order valence-electron chi connectivity index (χ4n) is 3.99. The van der Waals surface area contributed by atoms with Crippen molar-refractivity contribution in [2.45, 2.75) is 37.8 Å². The van der Waals surface area contributed by atoms with Gasteiger partial charge in [0.25, 0.3) is 0 Å². The van der Waals surface area contributed by atoms with Crippen LogP contribution in [0, 0.1) is 0 Å². The molecule has 3 fully saturated rings. The second-order valence-corrected chi connectivity index (χ2v) is 7.21. The molecule has 7 heteroatoms. The molecule has 3 rings (SSSR count). The maximum absolute atomic E-state index is 5.83. The lowest BCUT2D eigenvalue weighted by Crippen LogP contribution is -2.47. The fraction of sp³-hybridized carbons (Fsp3) is 0.944. The first kappa shape index (κ1) is 18.9. The van der Waals surface area contributed by atoms with Crippen molar-refractivity contribution in [1.29, 1.82) is 0 Å². The van der Waals surface area contributed by atoms with Crippen LogP contribution in [0.25, 0.3) is 0 Å². The Morgan fingerprint density at radius 1 is 1.16 bits per heavy atom. The van der Waals surface area contributed by atoms with Gasteiger partial charge in [-0.15, -0.1) is 0 Å². The van der Waals surface area contributed by atoms with Crippen molar-refractivity contribution in [3.8, 4) is 0 Å². The first-order valence-corrected chi connectivity index (χ1v) is 9.74. The van der Waals surface area contributed by atoms with Gasteiger partial charge in [-0.25, -0.2) is 0 Å². The highest BCUT2D eigenvalue weighted by atomic mass is 16.5. The molecule has 7 nitrogen and oxygen atoms in total. The van der Waals surface area contributed by atoms with E-state index in [9.17, 15) is 0 Å². The van der Waals surface area contributed by atoms with Crippen molar-refractivity contribution in [3.05, 3.63) is 0 Å². The summed E-state index contributed by atoms with van der Waals surface area (Å²) in [7, 11) is 1.80. The van der Waals surface area contributed by atoms with Crippen molar-refractivity contribution < 1.29 is 14.2 Å². The van der Waals surface area contributed by atoms with Gasteiger partial charge in [0.05, 0.1) is 25.4 Å². The Labute approximate surface area is 151 Å². The van der Waals surface area contributed by atoms with E-state index >= 15 is 0 Å². The van der Waals surface area contributed by atoms with Gasteiger partial charge in [0.15, 0.2) is 5.96 Å². The van der Waals surface area contributed by atoms with Gasteiger partial charge >= 0.3 is 0 Å². The average Bonchev–Trinajstić information content (AvgIpc) is 3.16. The molecule has 0 amide bonds. The minimum atomic E-state index is -0.164. The number of morpholine rings is 1. The number of guanidine groups is 1. The molecule has 0 aliphatic carbocycles. The number of nitrogens with one attached hydrogen (secondary N) is 1. The van der Waals surface area contributed by atoms with E-state index in [4.69, 9.17) is 19.2 Å². The number of hydrogen-bond acceptors (Lipinski definition) is 5. The molecule has 0 radical (unpaired) electrons. The topological polar surface area (TPSA) is 58.6 Å². The van der Waals surface area contributed by atoms with Gasteiger partial charge in [-0.05, 0) is 13.3 Å². The summed E-state index contributed by atoms with van der Waals surface area (Å²) in [5, 5.41) is 3.47.